The molecule has 1 rings (SSSR count). The maximum atomic E-state index is 11.5. The lowest BCUT2D eigenvalue weighted by molar-refractivity contribution is -0.145. The molecule has 0 aromatic rings. The number of amides is 2. The second-order valence-electron chi connectivity index (χ2n) is 3.63. The molecule has 6 nitrogen and oxygen atoms in total. The molecule has 16 heavy (non-hydrogen) atoms. The van der Waals surface area contributed by atoms with Crippen LogP contribution in [-0.4, -0.2) is 48.9 Å². The summed E-state index contributed by atoms with van der Waals surface area (Å²) in [5, 5.41) is 2.28. The minimum absolute atomic E-state index is 0.154. The molecule has 1 fully saturated rings. The topological polar surface area (TPSA) is 75.7 Å². The number of esters is 1. The van der Waals surface area contributed by atoms with E-state index in [0.29, 0.717) is 13.0 Å². The number of methoxy groups -OCH3 is 1. The molecule has 1 aliphatic heterocycles. The molecule has 90 valence electrons. The highest BCUT2D eigenvalue weighted by Crippen LogP contribution is 2.09. The Bertz CT molecular complexity index is 303. The highest BCUT2D eigenvalue weighted by molar-refractivity contribution is 6.01. The lowest BCUT2D eigenvalue weighted by atomic mass is 10.1. The second-order valence-corrected chi connectivity index (χ2v) is 3.63. The minimum Gasteiger partial charge on any atom is -0.469 e. The number of nitrogens with zero attached hydrogens (tertiary/aromatic N) is 1. The molecule has 0 aromatic carbocycles. The van der Waals surface area contributed by atoms with Gasteiger partial charge in [-0.05, 0) is 6.42 Å². The van der Waals surface area contributed by atoms with Crippen molar-refractivity contribution < 1.29 is 19.1 Å². The molecule has 0 saturated carbocycles. The van der Waals surface area contributed by atoms with E-state index in [1.807, 2.05) is 6.92 Å². The Kier molecular flexibility index (Phi) is 4.42. The summed E-state index contributed by atoms with van der Waals surface area (Å²) < 4.78 is 4.51. The first-order chi connectivity index (χ1) is 7.58. The van der Waals surface area contributed by atoms with E-state index in [2.05, 4.69) is 10.1 Å². The van der Waals surface area contributed by atoms with Gasteiger partial charge in [-0.1, -0.05) is 6.92 Å². The van der Waals surface area contributed by atoms with Gasteiger partial charge in [-0.2, -0.15) is 0 Å². The van der Waals surface area contributed by atoms with Crippen molar-refractivity contribution >= 4 is 17.8 Å². The van der Waals surface area contributed by atoms with E-state index in [-0.39, 0.29) is 36.8 Å². The molecule has 2 amide bonds. The van der Waals surface area contributed by atoms with E-state index in [0.717, 1.165) is 0 Å². The van der Waals surface area contributed by atoms with E-state index in [9.17, 15) is 14.4 Å². The average molecular weight is 228 g/mol. The second kappa shape index (κ2) is 5.60. The fraction of sp³-hybridized carbons (Fsp3) is 0.700. The van der Waals surface area contributed by atoms with E-state index in [1.165, 1.54) is 7.11 Å². The summed E-state index contributed by atoms with van der Waals surface area (Å²) in [5.74, 6) is -0.948. The largest absolute Gasteiger partial charge is 0.469 e. The van der Waals surface area contributed by atoms with Crippen LogP contribution in [-0.2, 0) is 19.1 Å². The molecule has 0 spiro atoms. The molecule has 0 aliphatic carbocycles. The van der Waals surface area contributed by atoms with Crippen molar-refractivity contribution in [3.63, 3.8) is 0 Å². The molecule has 1 saturated heterocycles. The Hall–Kier alpha value is -1.43. The number of piperazine rings is 1. The maximum absolute atomic E-state index is 11.5. The summed E-state index contributed by atoms with van der Waals surface area (Å²) >= 11 is 0. The standard InChI is InChI=1S/C10H16N2O4/c1-3-7-10(15)11-8(13)6-12(7)5-4-9(14)16-2/h7H,3-6H2,1-2H3,(H,11,13,15). The molecule has 1 heterocycles. The molecule has 1 unspecified atom stereocenters. The first-order valence-corrected chi connectivity index (χ1v) is 5.23. The normalized spacial score (nSPS) is 21.8. The fourth-order valence-electron chi connectivity index (χ4n) is 1.74. The summed E-state index contributed by atoms with van der Waals surface area (Å²) in [4.78, 5) is 35.3. The molecular formula is C10H16N2O4. The van der Waals surface area contributed by atoms with Gasteiger partial charge >= 0.3 is 5.97 Å². The predicted octanol–water partition coefficient (Wildman–Crippen LogP) is -0.713. The number of hydrogen-bond acceptors (Lipinski definition) is 5. The van der Waals surface area contributed by atoms with E-state index in [1.54, 1.807) is 4.90 Å². The van der Waals surface area contributed by atoms with Gasteiger partial charge in [-0.15, -0.1) is 0 Å². The molecule has 1 atom stereocenters. The van der Waals surface area contributed by atoms with Crippen LogP contribution in [0.4, 0.5) is 0 Å². The third-order valence-corrected chi connectivity index (χ3v) is 2.57. The van der Waals surface area contributed by atoms with Crippen LogP contribution in [0.15, 0.2) is 0 Å². The third-order valence-electron chi connectivity index (χ3n) is 2.57. The summed E-state index contributed by atoms with van der Waals surface area (Å²) in [5.41, 5.74) is 0. The van der Waals surface area contributed by atoms with Crippen LogP contribution >= 0.6 is 0 Å². The first-order valence-electron chi connectivity index (χ1n) is 5.23. The summed E-state index contributed by atoms with van der Waals surface area (Å²) in [6.45, 7) is 2.39. The number of hydrogen-bond donors (Lipinski definition) is 1. The Balaban J connectivity index is 2.57. The smallest absolute Gasteiger partial charge is 0.306 e. The van der Waals surface area contributed by atoms with Crippen LogP contribution in [0.3, 0.4) is 0 Å². The van der Waals surface area contributed by atoms with Crippen molar-refractivity contribution in [1.29, 1.82) is 0 Å². The van der Waals surface area contributed by atoms with Gasteiger partial charge in [0.1, 0.15) is 0 Å². The van der Waals surface area contributed by atoms with Crippen molar-refractivity contribution in [3.05, 3.63) is 0 Å². The summed E-state index contributed by atoms with van der Waals surface area (Å²) in [7, 11) is 1.31. The van der Waals surface area contributed by atoms with Crippen molar-refractivity contribution in [3.8, 4) is 0 Å². The lowest BCUT2D eigenvalue weighted by Gasteiger charge is -2.32. The fourth-order valence-corrected chi connectivity index (χ4v) is 1.74. The van der Waals surface area contributed by atoms with Crippen molar-refractivity contribution in [2.75, 3.05) is 20.2 Å². The van der Waals surface area contributed by atoms with Gasteiger partial charge in [-0.3, -0.25) is 24.6 Å². The summed E-state index contributed by atoms with van der Waals surface area (Å²) in [6.07, 6.45) is 0.799. The molecule has 1 aliphatic rings. The van der Waals surface area contributed by atoms with Gasteiger partial charge < -0.3 is 4.74 Å². The Morgan fingerprint density at radius 1 is 1.56 bits per heavy atom. The van der Waals surface area contributed by atoms with Gasteiger partial charge in [0.25, 0.3) is 0 Å². The zero-order valence-electron chi connectivity index (χ0n) is 9.49. The van der Waals surface area contributed by atoms with Crippen LogP contribution in [0.1, 0.15) is 19.8 Å². The van der Waals surface area contributed by atoms with Crippen LogP contribution in [0, 0.1) is 0 Å². The number of carbonyl (C=O) groups is 3. The number of rotatable bonds is 4. The Morgan fingerprint density at radius 2 is 2.25 bits per heavy atom. The predicted molar refractivity (Wildman–Crippen MR) is 55.4 cm³/mol. The maximum Gasteiger partial charge on any atom is 0.306 e. The average Bonchev–Trinajstić information content (AvgIpc) is 2.25. The zero-order valence-corrected chi connectivity index (χ0v) is 9.49. The van der Waals surface area contributed by atoms with Gasteiger partial charge in [0.2, 0.25) is 11.8 Å². The van der Waals surface area contributed by atoms with Crippen molar-refractivity contribution in [2.24, 2.45) is 0 Å². The van der Waals surface area contributed by atoms with Crippen molar-refractivity contribution in [1.82, 2.24) is 10.2 Å². The minimum atomic E-state index is -0.340. The highest BCUT2D eigenvalue weighted by atomic mass is 16.5. The van der Waals surface area contributed by atoms with Crippen LogP contribution in [0.25, 0.3) is 0 Å². The number of imide groups is 1. The van der Waals surface area contributed by atoms with E-state index >= 15 is 0 Å². The molecule has 0 bridgehead atoms. The van der Waals surface area contributed by atoms with E-state index < -0.39 is 0 Å². The number of nitrogens with one attached hydrogen (secondary N) is 1. The van der Waals surface area contributed by atoms with Gasteiger partial charge in [0.15, 0.2) is 0 Å². The molecular weight excluding hydrogens is 212 g/mol. The highest BCUT2D eigenvalue weighted by Gasteiger charge is 2.32. The van der Waals surface area contributed by atoms with E-state index in [4.69, 9.17) is 0 Å². The third kappa shape index (κ3) is 3.03. The molecule has 0 radical (unpaired) electrons. The number of carbonyl (C=O) groups excluding carboxylic acids is 3. The Morgan fingerprint density at radius 3 is 2.81 bits per heavy atom. The van der Waals surface area contributed by atoms with Crippen LogP contribution in [0.2, 0.25) is 0 Å². The monoisotopic (exact) mass is 228 g/mol. The Labute approximate surface area is 93.9 Å². The first kappa shape index (κ1) is 12.6. The summed E-state index contributed by atoms with van der Waals surface area (Å²) in [6, 6.07) is -0.331. The van der Waals surface area contributed by atoms with Crippen molar-refractivity contribution in [2.45, 2.75) is 25.8 Å². The molecule has 1 N–H and O–H groups in total. The molecule has 6 heteroatoms. The lowest BCUT2D eigenvalue weighted by Crippen LogP contribution is -2.58. The van der Waals surface area contributed by atoms with Gasteiger partial charge in [0.05, 0.1) is 26.1 Å². The number of ether oxygens (including phenoxy) is 1. The van der Waals surface area contributed by atoms with Crippen LogP contribution in [0.5, 0.6) is 0 Å². The SMILES string of the molecule is CCC1C(=O)NC(=O)CN1CCC(=O)OC. The van der Waals surface area contributed by atoms with Crippen LogP contribution < -0.4 is 5.32 Å². The molecule has 0 aromatic heterocycles. The van der Waals surface area contributed by atoms with Gasteiger partial charge in [-0.25, -0.2) is 0 Å². The zero-order chi connectivity index (χ0) is 12.1. The quantitative estimate of drug-likeness (QED) is 0.508. The van der Waals surface area contributed by atoms with Gasteiger partial charge in [0, 0.05) is 6.54 Å².